The van der Waals surface area contributed by atoms with Crippen molar-refractivity contribution in [2.45, 2.75) is 25.6 Å². The van der Waals surface area contributed by atoms with E-state index in [1.807, 2.05) is 0 Å². The number of aromatic nitrogens is 1. The summed E-state index contributed by atoms with van der Waals surface area (Å²) in [5.41, 5.74) is -0.0408. The van der Waals surface area contributed by atoms with E-state index in [0.29, 0.717) is 6.61 Å². The third-order valence-corrected chi connectivity index (χ3v) is 5.86. The van der Waals surface area contributed by atoms with Crippen molar-refractivity contribution in [2.24, 2.45) is 5.92 Å². The van der Waals surface area contributed by atoms with Crippen molar-refractivity contribution in [3.8, 4) is 5.75 Å². The highest BCUT2D eigenvalue weighted by Crippen LogP contribution is 2.35. The fraction of sp³-hybridized carbons (Fsp3) is 0.308. The van der Waals surface area contributed by atoms with Crippen LogP contribution in [0.2, 0.25) is 0 Å². The molecule has 1 aromatic heterocycles. The average molecular weight is 503 g/mol. The molecular formula is C26H26F4N4O2. The zero-order chi connectivity index (χ0) is 25.5. The van der Waals surface area contributed by atoms with Crippen LogP contribution in [-0.2, 0) is 12.7 Å². The molecule has 4 rings (SSSR count). The molecule has 0 saturated carbocycles. The predicted molar refractivity (Wildman–Crippen MR) is 128 cm³/mol. The number of pyridine rings is 1. The third kappa shape index (κ3) is 6.94. The van der Waals surface area contributed by atoms with E-state index in [1.165, 1.54) is 30.5 Å². The third-order valence-electron chi connectivity index (χ3n) is 5.86. The van der Waals surface area contributed by atoms with E-state index in [0.717, 1.165) is 43.6 Å². The van der Waals surface area contributed by atoms with Gasteiger partial charge in [-0.3, -0.25) is 4.79 Å². The van der Waals surface area contributed by atoms with Gasteiger partial charge < -0.3 is 20.7 Å². The molecule has 6 nitrogen and oxygen atoms in total. The minimum Gasteiger partial charge on any atom is -0.493 e. The van der Waals surface area contributed by atoms with Gasteiger partial charge in [0.25, 0.3) is 5.91 Å². The van der Waals surface area contributed by atoms with Crippen LogP contribution in [0.15, 0.2) is 60.8 Å². The summed E-state index contributed by atoms with van der Waals surface area (Å²) in [6.45, 7) is 2.27. The zero-order valence-corrected chi connectivity index (χ0v) is 19.4. The lowest BCUT2D eigenvalue weighted by Gasteiger charge is -2.23. The van der Waals surface area contributed by atoms with E-state index in [9.17, 15) is 22.4 Å². The molecule has 190 valence electrons. The van der Waals surface area contributed by atoms with Crippen molar-refractivity contribution in [2.75, 3.05) is 30.3 Å². The standard InChI is InChI=1S/C26H26F4N4O2/c27-20-5-3-17(4-6-20)15-33-24-23(2-1-9-32-24)25(35)34-21-12-19(26(28,29)30)13-22(14-21)36-16-18-7-10-31-11-8-18/h1-6,9,12-14,18,31H,7-8,10-11,15-16H2,(H,32,33)(H,34,35). The van der Waals surface area contributed by atoms with Gasteiger partial charge in [0.15, 0.2) is 0 Å². The molecule has 1 saturated heterocycles. The molecular weight excluding hydrogens is 476 g/mol. The fourth-order valence-corrected chi connectivity index (χ4v) is 3.90. The number of ether oxygens (including phenoxy) is 1. The van der Waals surface area contributed by atoms with Gasteiger partial charge in [-0.1, -0.05) is 12.1 Å². The van der Waals surface area contributed by atoms with E-state index in [1.54, 1.807) is 18.2 Å². The predicted octanol–water partition coefficient (Wildman–Crippen LogP) is 5.48. The van der Waals surface area contributed by atoms with Gasteiger partial charge in [0.1, 0.15) is 17.4 Å². The first-order chi connectivity index (χ1) is 17.3. The number of benzene rings is 2. The van der Waals surface area contributed by atoms with Crippen LogP contribution in [-0.4, -0.2) is 30.6 Å². The monoisotopic (exact) mass is 502 g/mol. The lowest BCUT2D eigenvalue weighted by atomic mass is 9.99. The van der Waals surface area contributed by atoms with Crippen molar-refractivity contribution in [1.29, 1.82) is 0 Å². The Morgan fingerprint density at radius 3 is 2.56 bits per heavy atom. The van der Waals surface area contributed by atoms with Crippen LogP contribution >= 0.6 is 0 Å². The summed E-state index contributed by atoms with van der Waals surface area (Å²) in [7, 11) is 0. The average Bonchev–Trinajstić information content (AvgIpc) is 2.87. The maximum Gasteiger partial charge on any atom is 0.416 e. The molecule has 1 fully saturated rings. The SMILES string of the molecule is O=C(Nc1cc(OCC2CCNCC2)cc(C(F)(F)F)c1)c1cccnc1NCc1ccc(F)cc1. The van der Waals surface area contributed by atoms with Gasteiger partial charge in [-0.2, -0.15) is 13.2 Å². The molecule has 36 heavy (non-hydrogen) atoms. The molecule has 0 radical (unpaired) electrons. The van der Waals surface area contributed by atoms with Crippen LogP contribution in [0.1, 0.15) is 34.3 Å². The summed E-state index contributed by atoms with van der Waals surface area (Å²) < 4.78 is 59.4. The highest BCUT2D eigenvalue weighted by atomic mass is 19.4. The van der Waals surface area contributed by atoms with Gasteiger partial charge in [0.05, 0.1) is 17.7 Å². The van der Waals surface area contributed by atoms with Crippen LogP contribution in [0.25, 0.3) is 0 Å². The second kappa shape index (κ2) is 11.4. The fourth-order valence-electron chi connectivity index (χ4n) is 3.90. The zero-order valence-electron chi connectivity index (χ0n) is 19.4. The molecule has 1 amide bonds. The van der Waals surface area contributed by atoms with Gasteiger partial charge in [-0.15, -0.1) is 0 Å². The van der Waals surface area contributed by atoms with Crippen molar-refractivity contribution >= 4 is 17.4 Å². The molecule has 1 aliphatic heterocycles. The number of alkyl halides is 3. The van der Waals surface area contributed by atoms with Crippen LogP contribution in [0, 0.1) is 11.7 Å². The largest absolute Gasteiger partial charge is 0.493 e. The Morgan fingerprint density at radius 2 is 1.83 bits per heavy atom. The number of amides is 1. The van der Waals surface area contributed by atoms with Gasteiger partial charge in [0, 0.05) is 24.5 Å². The van der Waals surface area contributed by atoms with Crippen molar-refractivity contribution in [3.63, 3.8) is 0 Å². The van der Waals surface area contributed by atoms with Crippen molar-refractivity contribution in [3.05, 3.63) is 83.3 Å². The Hall–Kier alpha value is -3.66. The minimum absolute atomic E-state index is 0.0385. The maximum absolute atomic E-state index is 13.5. The number of hydrogen-bond donors (Lipinski definition) is 3. The summed E-state index contributed by atoms with van der Waals surface area (Å²) in [6.07, 6.45) is -1.35. The van der Waals surface area contributed by atoms with E-state index in [4.69, 9.17) is 4.74 Å². The lowest BCUT2D eigenvalue weighted by Crippen LogP contribution is -2.30. The van der Waals surface area contributed by atoms with Gasteiger partial charge in [0.2, 0.25) is 0 Å². The number of rotatable bonds is 8. The summed E-state index contributed by atoms with van der Waals surface area (Å²) in [4.78, 5) is 17.2. The molecule has 10 heteroatoms. The second-order valence-corrected chi connectivity index (χ2v) is 8.58. The number of anilines is 2. The Balaban J connectivity index is 1.49. The van der Waals surface area contributed by atoms with Crippen molar-refractivity contribution in [1.82, 2.24) is 10.3 Å². The Labute approximate surface area is 206 Å². The lowest BCUT2D eigenvalue weighted by molar-refractivity contribution is -0.137. The Bertz CT molecular complexity index is 1180. The first-order valence-corrected chi connectivity index (χ1v) is 11.6. The number of halogens is 4. The molecule has 3 aromatic rings. The Kier molecular flexibility index (Phi) is 8.04. The van der Waals surface area contributed by atoms with Gasteiger partial charge in [-0.25, -0.2) is 9.37 Å². The molecule has 0 atom stereocenters. The number of nitrogens with one attached hydrogen (secondary N) is 3. The number of carbonyl (C=O) groups excluding carboxylic acids is 1. The molecule has 0 bridgehead atoms. The van der Waals surface area contributed by atoms with E-state index in [2.05, 4.69) is 20.9 Å². The van der Waals surface area contributed by atoms with Crippen molar-refractivity contribution < 1.29 is 27.1 Å². The molecule has 0 aliphatic carbocycles. The molecule has 0 spiro atoms. The highest BCUT2D eigenvalue weighted by molar-refractivity contribution is 6.07. The number of nitrogens with zero attached hydrogens (tertiary/aromatic N) is 1. The first kappa shape index (κ1) is 25.4. The summed E-state index contributed by atoms with van der Waals surface area (Å²) >= 11 is 0. The van der Waals surface area contributed by atoms with Crippen LogP contribution < -0.4 is 20.7 Å². The number of piperidine rings is 1. The smallest absolute Gasteiger partial charge is 0.416 e. The topological polar surface area (TPSA) is 75.3 Å². The quantitative estimate of drug-likeness (QED) is 0.356. The summed E-state index contributed by atoms with van der Waals surface area (Å²) in [5, 5.41) is 8.79. The molecule has 2 heterocycles. The maximum atomic E-state index is 13.5. The van der Waals surface area contributed by atoms with Crippen LogP contribution in [0.5, 0.6) is 5.75 Å². The molecule has 3 N–H and O–H groups in total. The highest BCUT2D eigenvalue weighted by Gasteiger charge is 2.32. The number of hydrogen-bond acceptors (Lipinski definition) is 5. The first-order valence-electron chi connectivity index (χ1n) is 11.6. The van der Waals surface area contributed by atoms with Crippen LogP contribution in [0.3, 0.4) is 0 Å². The van der Waals surface area contributed by atoms with Crippen LogP contribution in [0.4, 0.5) is 29.1 Å². The minimum atomic E-state index is -4.61. The molecule has 0 unspecified atom stereocenters. The van der Waals surface area contributed by atoms with Gasteiger partial charge >= 0.3 is 6.18 Å². The summed E-state index contributed by atoms with van der Waals surface area (Å²) in [5.74, 6) is -0.456. The van der Waals surface area contributed by atoms with E-state index < -0.39 is 17.6 Å². The van der Waals surface area contributed by atoms with Gasteiger partial charge in [-0.05, 0) is 73.8 Å². The van der Waals surface area contributed by atoms with E-state index in [-0.39, 0.29) is 41.1 Å². The summed E-state index contributed by atoms with van der Waals surface area (Å²) in [6, 6.07) is 12.1. The van der Waals surface area contributed by atoms with E-state index >= 15 is 0 Å². The molecule has 1 aliphatic rings. The Morgan fingerprint density at radius 1 is 1.08 bits per heavy atom. The second-order valence-electron chi connectivity index (χ2n) is 8.58. The molecule has 2 aromatic carbocycles. The normalized spacial score (nSPS) is 14.3. The number of carbonyl (C=O) groups is 1.